The van der Waals surface area contributed by atoms with E-state index in [0.717, 1.165) is 145 Å². The third-order valence-electron chi connectivity index (χ3n) is 17.6. The van der Waals surface area contributed by atoms with Gasteiger partial charge in [0.15, 0.2) is 0 Å². The zero-order valence-electron chi connectivity index (χ0n) is 49.8. The number of aryl methyl sites for hydroxylation is 6. The molecule has 1 N–H and O–H groups in total. The summed E-state index contributed by atoms with van der Waals surface area (Å²) in [4.78, 5) is 40.5. The molecule has 0 saturated carbocycles. The number of likely N-dealkylation sites (tertiary alicyclic amines) is 2. The fraction of sp³-hybridized carbons (Fsp3) is 0.647. The van der Waals surface area contributed by atoms with Crippen LogP contribution in [0.4, 0.5) is 0 Å². The van der Waals surface area contributed by atoms with Crippen molar-refractivity contribution >= 4 is 11.9 Å². The molecule has 10 rings (SSSR count). The maximum Gasteiger partial charge on any atom is 0.328 e. The predicted octanol–water partition coefficient (Wildman–Crippen LogP) is 13.4. The van der Waals surface area contributed by atoms with Gasteiger partial charge in [-0.15, -0.1) is 0 Å². The normalized spacial score (nSPS) is 23.7. The number of benzene rings is 2. The topological polar surface area (TPSA) is 133 Å². The highest BCUT2D eigenvalue weighted by atomic mass is 16.6. The second-order valence-electron chi connectivity index (χ2n) is 26.6. The van der Waals surface area contributed by atoms with E-state index in [1.165, 1.54) is 72.4 Å². The van der Waals surface area contributed by atoms with Crippen molar-refractivity contribution in [2.75, 3.05) is 52.6 Å². The molecule has 4 saturated heterocycles. The van der Waals surface area contributed by atoms with E-state index >= 15 is 0 Å². The van der Waals surface area contributed by atoms with Crippen molar-refractivity contribution in [2.24, 2.45) is 10.8 Å². The molecular weight excluding hydrogens is 1000 g/mol. The van der Waals surface area contributed by atoms with Gasteiger partial charge in [0, 0.05) is 62.2 Å². The predicted molar refractivity (Wildman–Crippen MR) is 315 cm³/mol. The Morgan fingerprint density at radius 3 is 1.51 bits per heavy atom. The smallest absolute Gasteiger partial charge is 0.328 e. The summed E-state index contributed by atoms with van der Waals surface area (Å²) in [5.74, 6) is -0.990. The van der Waals surface area contributed by atoms with Gasteiger partial charge in [-0.3, -0.25) is 24.6 Å². The van der Waals surface area contributed by atoms with Crippen molar-refractivity contribution < 1.29 is 38.4 Å². The van der Waals surface area contributed by atoms with E-state index in [1.807, 2.05) is 45.0 Å². The molecule has 2 aromatic heterocycles. The summed E-state index contributed by atoms with van der Waals surface area (Å²) in [7, 11) is 0. The van der Waals surface area contributed by atoms with E-state index in [0.29, 0.717) is 19.8 Å². The average molecular weight is 1100 g/mol. The third kappa shape index (κ3) is 16.6. The van der Waals surface area contributed by atoms with Crippen LogP contribution in [0.3, 0.4) is 0 Å². The average Bonchev–Trinajstić information content (AvgIpc) is 4.11. The minimum Gasteiger partial charge on any atom is -0.480 e. The van der Waals surface area contributed by atoms with Gasteiger partial charge in [0.05, 0.1) is 37.6 Å². The summed E-state index contributed by atoms with van der Waals surface area (Å²) in [5.41, 5.74) is 11.7. The Balaban J connectivity index is 0.000000195. The van der Waals surface area contributed by atoms with Crippen LogP contribution in [0, 0.1) is 10.8 Å². The van der Waals surface area contributed by atoms with Crippen molar-refractivity contribution in [1.29, 1.82) is 0 Å². The van der Waals surface area contributed by atoms with E-state index in [1.54, 1.807) is 0 Å². The Kier molecular flexibility index (Phi) is 20.8. The number of carbonyl (C=O) groups is 2. The zero-order valence-corrected chi connectivity index (χ0v) is 49.8. The number of carbonyl (C=O) groups excluding carboxylic acids is 1. The number of carboxylic acid groups (broad SMARTS) is 1. The van der Waals surface area contributed by atoms with Crippen LogP contribution in [0.15, 0.2) is 72.8 Å². The molecule has 4 aromatic rings. The van der Waals surface area contributed by atoms with Gasteiger partial charge < -0.3 is 28.8 Å². The monoisotopic (exact) mass is 1100 g/mol. The van der Waals surface area contributed by atoms with Crippen LogP contribution < -0.4 is 0 Å². The van der Waals surface area contributed by atoms with Crippen molar-refractivity contribution in [3.8, 4) is 0 Å². The number of unbranched alkanes of at least 4 members (excludes halogenated alkanes) is 2. The first-order valence-corrected chi connectivity index (χ1v) is 31.0. The molecule has 4 aliphatic heterocycles. The number of ether oxygens (including phenoxy) is 5. The SMILES string of the molecule is CC1(C)CCC(c2ccccc2C(C(=O)O)N2CC[C@@H](OCCCCc3ccc4c(n3)CCCC4)C2)OC1.CC1(C)CCC(c2ccccc2C(C(=O)OC(C)(C)C)N2CC[C@@H](OCCCCc3ccc4c(n3)CCCC4)C2)OC1. The van der Waals surface area contributed by atoms with Gasteiger partial charge in [-0.2, -0.15) is 0 Å². The molecular formula is C68H96N4O8. The highest BCUT2D eigenvalue weighted by Gasteiger charge is 2.41. The molecule has 436 valence electrons. The van der Waals surface area contributed by atoms with Gasteiger partial charge in [-0.1, -0.05) is 88.4 Å². The summed E-state index contributed by atoms with van der Waals surface area (Å²) >= 11 is 0. The summed E-state index contributed by atoms with van der Waals surface area (Å²) in [5, 5.41) is 10.3. The van der Waals surface area contributed by atoms with Crippen molar-refractivity contribution in [1.82, 2.24) is 19.8 Å². The van der Waals surface area contributed by atoms with Crippen LogP contribution >= 0.6 is 0 Å². The van der Waals surface area contributed by atoms with Gasteiger partial charge >= 0.3 is 11.9 Å². The molecule has 0 spiro atoms. The van der Waals surface area contributed by atoms with E-state index in [2.05, 4.69) is 86.0 Å². The third-order valence-corrected chi connectivity index (χ3v) is 17.6. The van der Waals surface area contributed by atoms with Gasteiger partial charge in [0.25, 0.3) is 0 Å². The molecule has 4 fully saturated rings. The number of esters is 1. The van der Waals surface area contributed by atoms with E-state index in [9.17, 15) is 14.7 Å². The van der Waals surface area contributed by atoms with E-state index < -0.39 is 23.7 Å². The molecule has 0 radical (unpaired) electrons. The maximum atomic E-state index is 13.8. The number of aliphatic carboxylic acids is 1. The number of aromatic nitrogens is 2. The van der Waals surface area contributed by atoms with Crippen LogP contribution in [-0.2, 0) is 71.8 Å². The number of hydrogen-bond donors (Lipinski definition) is 1. The van der Waals surface area contributed by atoms with E-state index in [-0.39, 0.29) is 41.2 Å². The Morgan fingerprint density at radius 2 is 1.06 bits per heavy atom. The highest BCUT2D eigenvalue weighted by Crippen LogP contribution is 2.43. The van der Waals surface area contributed by atoms with Crippen LogP contribution in [0.25, 0.3) is 0 Å². The Morgan fingerprint density at radius 1 is 0.613 bits per heavy atom. The first-order chi connectivity index (χ1) is 38.5. The number of nitrogens with zero attached hydrogens (tertiary/aromatic N) is 4. The van der Waals surface area contributed by atoms with Crippen molar-refractivity contribution in [3.05, 3.63) is 129 Å². The molecule has 2 aromatic carbocycles. The van der Waals surface area contributed by atoms with Crippen LogP contribution in [-0.4, -0.2) is 107 Å². The molecule has 2 aliphatic carbocycles. The molecule has 6 aliphatic rings. The number of carboxylic acids is 1. The molecule has 12 nitrogen and oxygen atoms in total. The van der Waals surface area contributed by atoms with Gasteiger partial charge in [0.2, 0.25) is 0 Å². The number of pyridine rings is 2. The fourth-order valence-electron chi connectivity index (χ4n) is 13.0. The lowest BCUT2D eigenvalue weighted by atomic mass is 9.82. The molecule has 80 heavy (non-hydrogen) atoms. The molecule has 6 heterocycles. The standard InChI is InChI=1S/C36H52N2O4.C32H44N2O4/c1-35(2,3)42-34(39)33(30-15-8-7-14-29(30)32-19-21-36(4,5)25-41-32)38-22-20-28(24-38)40-23-11-10-13-27-18-17-26-12-6-9-16-31(26)37-27;1-32(2)18-16-29(38-22-32)26-11-4-5-12-27(26)30(31(35)36)34-19-17-25(21-34)37-20-8-7-10-24-15-14-23-9-3-6-13-28(23)33-24/h7-8,14-15,17-18,28,32-33H,6,9-13,16,19-25H2,1-5H3;4-5,11-12,14-15,25,29-30H,3,6-10,13,16-22H2,1-2H3,(H,35,36)/t28-,32?,33?;25-,29?,30?/m11/s1. The Bertz CT molecular complexity index is 2640. The summed E-state index contributed by atoms with van der Waals surface area (Å²) in [6, 6.07) is 24.1. The first kappa shape index (κ1) is 60.0. The highest BCUT2D eigenvalue weighted by molar-refractivity contribution is 5.79. The van der Waals surface area contributed by atoms with Gasteiger partial charge in [-0.05, 0) is 206 Å². The minimum absolute atomic E-state index is 0.00146. The quantitative estimate of drug-likeness (QED) is 0.0667. The molecule has 4 unspecified atom stereocenters. The Labute approximate surface area is 479 Å². The summed E-state index contributed by atoms with van der Waals surface area (Å²) < 4.78 is 31.2. The maximum absolute atomic E-state index is 13.8. The van der Waals surface area contributed by atoms with E-state index in [4.69, 9.17) is 33.7 Å². The molecule has 0 bridgehead atoms. The molecule has 6 atom stereocenters. The van der Waals surface area contributed by atoms with Gasteiger partial charge in [0.1, 0.15) is 17.7 Å². The number of rotatable bonds is 20. The lowest BCUT2D eigenvalue weighted by Crippen LogP contribution is -2.39. The fourth-order valence-corrected chi connectivity index (χ4v) is 13.0. The first-order valence-electron chi connectivity index (χ1n) is 31.0. The van der Waals surface area contributed by atoms with Crippen LogP contribution in [0.1, 0.15) is 219 Å². The zero-order chi connectivity index (χ0) is 56.3. The summed E-state index contributed by atoms with van der Waals surface area (Å²) in [6.07, 6.45) is 21.9. The summed E-state index contributed by atoms with van der Waals surface area (Å²) in [6.45, 7) is 20.6. The number of hydrogen-bond acceptors (Lipinski definition) is 11. The largest absolute Gasteiger partial charge is 0.480 e. The van der Waals surface area contributed by atoms with Crippen molar-refractivity contribution in [2.45, 2.75) is 219 Å². The van der Waals surface area contributed by atoms with Gasteiger partial charge in [-0.25, -0.2) is 4.79 Å². The van der Waals surface area contributed by atoms with Crippen LogP contribution in [0.5, 0.6) is 0 Å². The molecule has 12 heteroatoms. The number of fused-ring (bicyclic) bond motifs is 2. The lowest BCUT2D eigenvalue weighted by Gasteiger charge is -2.37. The Hall–Kier alpha value is -4.56. The minimum atomic E-state index is -0.799. The van der Waals surface area contributed by atoms with Crippen molar-refractivity contribution in [3.63, 3.8) is 0 Å². The van der Waals surface area contributed by atoms with Crippen LogP contribution in [0.2, 0.25) is 0 Å². The second-order valence-corrected chi connectivity index (χ2v) is 26.6. The lowest BCUT2D eigenvalue weighted by molar-refractivity contribution is -0.161. The second kappa shape index (κ2) is 27.7. The molecule has 0 amide bonds.